The van der Waals surface area contributed by atoms with Crippen LogP contribution in [0.1, 0.15) is 12.8 Å². The van der Waals surface area contributed by atoms with Crippen LogP contribution >= 0.6 is 0 Å². The predicted molar refractivity (Wildman–Crippen MR) is 40.0 cm³/mol. The van der Waals surface area contributed by atoms with E-state index in [4.69, 9.17) is 4.74 Å². The van der Waals surface area contributed by atoms with Gasteiger partial charge < -0.3 is 10.1 Å². The Morgan fingerprint density at radius 3 is 3.00 bits per heavy atom. The monoisotopic (exact) mass is 155 g/mol. The summed E-state index contributed by atoms with van der Waals surface area (Å²) in [6.45, 7) is 1.82. The van der Waals surface area contributed by atoms with Crippen LogP contribution in [0.2, 0.25) is 0 Å². The normalized spacial score (nSPS) is 41.0. The molecule has 3 nitrogen and oxygen atoms in total. The van der Waals surface area contributed by atoms with Crippen LogP contribution in [0, 0.1) is 11.3 Å². The van der Waals surface area contributed by atoms with Crippen molar-refractivity contribution in [3.05, 3.63) is 0 Å². The maximum Gasteiger partial charge on any atom is 0.313 e. The van der Waals surface area contributed by atoms with E-state index in [0.717, 1.165) is 19.5 Å². The summed E-state index contributed by atoms with van der Waals surface area (Å²) >= 11 is 0. The molecule has 11 heavy (non-hydrogen) atoms. The van der Waals surface area contributed by atoms with Gasteiger partial charge in [-0.15, -0.1) is 0 Å². The Hall–Kier alpha value is -0.570. The van der Waals surface area contributed by atoms with Gasteiger partial charge in [-0.1, -0.05) is 0 Å². The van der Waals surface area contributed by atoms with Crippen LogP contribution in [-0.2, 0) is 9.53 Å². The van der Waals surface area contributed by atoms with Gasteiger partial charge in [-0.2, -0.15) is 0 Å². The van der Waals surface area contributed by atoms with Crippen molar-refractivity contribution in [2.24, 2.45) is 11.3 Å². The first-order valence-electron chi connectivity index (χ1n) is 4.09. The molecule has 1 aliphatic carbocycles. The number of hydrogen-bond acceptors (Lipinski definition) is 3. The molecule has 62 valence electrons. The zero-order chi connectivity index (χ0) is 7.90. The van der Waals surface area contributed by atoms with Crippen molar-refractivity contribution in [3.8, 4) is 0 Å². The quantitative estimate of drug-likeness (QED) is 0.548. The van der Waals surface area contributed by atoms with Gasteiger partial charge in [-0.3, -0.25) is 4.79 Å². The minimum Gasteiger partial charge on any atom is -0.469 e. The van der Waals surface area contributed by atoms with Crippen molar-refractivity contribution in [1.82, 2.24) is 5.32 Å². The summed E-state index contributed by atoms with van der Waals surface area (Å²) in [7, 11) is 1.48. The van der Waals surface area contributed by atoms with Gasteiger partial charge >= 0.3 is 5.97 Å². The topological polar surface area (TPSA) is 38.3 Å². The fourth-order valence-electron chi connectivity index (χ4n) is 2.24. The molecule has 0 unspecified atom stereocenters. The molecule has 0 aromatic heterocycles. The molecule has 0 spiro atoms. The average molecular weight is 155 g/mol. The maximum atomic E-state index is 11.3. The molecule has 0 aromatic rings. The van der Waals surface area contributed by atoms with Crippen LogP contribution in [0.15, 0.2) is 0 Å². The highest BCUT2D eigenvalue weighted by atomic mass is 16.5. The molecule has 3 heteroatoms. The lowest BCUT2D eigenvalue weighted by atomic mass is 9.62. The van der Waals surface area contributed by atoms with E-state index in [2.05, 4.69) is 5.32 Å². The Morgan fingerprint density at radius 2 is 2.55 bits per heavy atom. The highest BCUT2D eigenvalue weighted by molar-refractivity contribution is 5.79. The minimum atomic E-state index is -0.130. The summed E-state index contributed by atoms with van der Waals surface area (Å²) in [4.78, 5) is 11.3. The van der Waals surface area contributed by atoms with Gasteiger partial charge in [0.2, 0.25) is 0 Å². The van der Waals surface area contributed by atoms with Gasteiger partial charge in [0, 0.05) is 6.54 Å². The van der Waals surface area contributed by atoms with Crippen molar-refractivity contribution >= 4 is 5.97 Å². The van der Waals surface area contributed by atoms with E-state index in [0.29, 0.717) is 5.92 Å². The van der Waals surface area contributed by atoms with Crippen molar-refractivity contribution in [3.63, 3.8) is 0 Å². The number of esters is 1. The van der Waals surface area contributed by atoms with Crippen molar-refractivity contribution in [2.45, 2.75) is 12.8 Å². The number of ether oxygens (including phenoxy) is 1. The summed E-state index contributed by atoms with van der Waals surface area (Å²) in [6, 6.07) is 0. The molecule has 1 saturated carbocycles. The average Bonchev–Trinajstić information content (AvgIpc) is 2.27. The Bertz CT molecular complexity index is 193. The van der Waals surface area contributed by atoms with Gasteiger partial charge in [0.1, 0.15) is 0 Å². The third-order valence-electron chi connectivity index (χ3n) is 3.14. The first-order valence-corrected chi connectivity index (χ1v) is 4.09. The fourth-order valence-corrected chi connectivity index (χ4v) is 2.24. The Balaban J connectivity index is 2.15. The summed E-state index contributed by atoms with van der Waals surface area (Å²) in [5.41, 5.74) is -0.130. The highest BCUT2D eigenvalue weighted by Gasteiger charge is 2.56. The molecule has 2 rings (SSSR count). The van der Waals surface area contributed by atoms with Crippen LogP contribution in [0.4, 0.5) is 0 Å². The third-order valence-corrected chi connectivity index (χ3v) is 3.14. The smallest absolute Gasteiger partial charge is 0.313 e. The largest absolute Gasteiger partial charge is 0.469 e. The van der Waals surface area contributed by atoms with Crippen LogP contribution in [0.25, 0.3) is 0 Å². The predicted octanol–water partition coefficient (Wildman–Crippen LogP) is 0.159. The Morgan fingerprint density at radius 1 is 1.73 bits per heavy atom. The number of carbonyl (C=O) groups excluding carboxylic acids is 1. The molecule has 2 atom stereocenters. The van der Waals surface area contributed by atoms with Gasteiger partial charge in [0.25, 0.3) is 0 Å². The second-order valence-corrected chi connectivity index (χ2v) is 3.51. The minimum absolute atomic E-state index is 0.0150. The molecule has 2 aliphatic rings. The number of nitrogens with one attached hydrogen (secondary N) is 1. The van der Waals surface area contributed by atoms with Gasteiger partial charge in [-0.25, -0.2) is 0 Å². The van der Waals surface area contributed by atoms with E-state index in [-0.39, 0.29) is 11.4 Å². The van der Waals surface area contributed by atoms with Crippen molar-refractivity contribution in [1.29, 1.82) is 0 Å². The molecule has 0 bridgehead atoms. The summed E-state index contributed by atoms with van der Waals surface area (Å²) in [6.07, 6.45) is 2.19. The molecular formula is C8H13NO2. The standard InChI is InChI=1S/C8H13NO2/c1-11-7(10)8-3-2-6(8)4-9-5-8/h6,9H,2-5H2,1H3/t6-,8+/m1/s1. The number of rotatable bonds is 1. The van der Waals surface area contributed by atoms with Crippen molar-refractivity contribution < 1.29 is 9.53 Å². The van der Waals surface area contributed by atoms with E-state index < -0.39 is 0 Å². The SMILES string of the molecule is COC(=O)[C@]12CC[C@@H]1CNC2. The summed E-state index contributed by atoms with van der Waals surface area (Å²) in [5, 5.41) is 3.24. The highest BCUT2D eigenvalue weighted by Crippen LogP contribution is 2.49. The Labute approximate surface area is 66.1 Å². The van der Waals surface area contributed by atoms with Crippen LogP contribution in [0.5, 0.6) is 0 Å². The lowest BCUT2D eigenvalue weighted by molar-refractivity contribution is -0.160. The summed E-state index contributed by atoms with van der Waals surface area (Å²) < 4.78 is 4.78. The first-order chi connectivity index (χ1) is 5.29. The molecule has 1 aliphatic heterocycles. The molecular weight excluding hydrogens is 142 g/mol. The third kappa shape index (κ3) is 0.745. The van der Waals surface area contributed by atoms with Gasteiger partial charge in [-0.05, 0) is 25.3 Å². The Kier molecular flexibility index (Phi) is 1.42. The van der Waals surface area contributed by atoms with E-state index in [1.54, 1.807) is 0 Å². The second kappa shape index (κ2) is 2.21. The second-order valence-electron chi connectivity index (χ2n) is 3.51. The molecule has 1 heterocycles. The summed E-state index contributed by atoms with van der Waals surface area (Å²) in [5.74, 6) is 0.536. The van der Waals surface area contributed by atoms with E-state index in [1.165, 1.54) is 13.5 Å². The molecule has 1 saturated heterocycles. The van der Waals surface area contributed by atoms with Crippen LogP contribution < -0.4 is 5.32 Å². The molecule has 1 N–H and O–H groups in total. The number of fused-ring (bicyclic) bond motifs is 1. The number of methoxy groups -OCH3 is 1. The van der Waals surface area contributed by atoms with Gasteiger partial charge in [0.05, 0.1) is 12.5 Å². The zero-order valence-electron chi connectivity index (χ0n) is 6.72. The number of carbonyl (C=O) groups is 1. The van der Waals surface area contributed by atoms with Crippen molar-refractivity contribution in [2.75, 3.05) is 20.2 Å². The molecule has 0 radical (unpaired) electrons. The lowest BCUT2D eigenvalue weighted by Crippen LogP contribution is -2.46. The van der Waals surface area contributed by atoms with E-state index >= 15 is 0 Å². The fraction of sp³-hybridized carbons (Fsp3) is 0.875. The lowest BCUT2D eigenvalue weighted by Gasteiger charge is -2.40. The molecule has 2 fully saturated rings. The first kappa shape index (κ1) is 7.10. The molecule has 0 aromatic carbocycles. The number of hydrogen-bond donors (Lipinski definition) is 1. The van der Waals surface area contributed by atoms with Gasteiger partial charge in [0.15, 0.2) is 0 Å². The maximum absolute atomic E-state index is 11.3. The van der Waals surface area contributed by atoms with Crippen LogP contribution in [0.3, 0.4) is 0 Å². The van der Waals surface area contributed by atoms with E-state index in [1.807, 2.05) is 0 Å². The molecule has 0 amide bonds. The van der Waals surface area contributed by atoms with Crippen LogP contribution in [-0.4, -0.2) is 26.2 Å². The zero-order valence-corrected chi connectivity index (χ0v) is 6.72. The van der Waals surface area contributed by atoms with E-state index in [9.17, 15) is 4.79 Å².